The first kappa shape index (κ1) is 35.6. The molecule has 2 aromatic heterocycles. The number of halogens is 2. The normalized spacial score (nSPS) is 16.3. The van der Waals surface area contributed by atoms with Crippen molar-refractivity contribution in [3.05, 3.63) is 72.2 Å². The quantitative estimate of drug-likeness (QED) is 0.108. The van der Waals surface area contributed by atoms with E-state index in [-0.39, 0.29) is 24.1 Å². The van der Waals surface area contributed by atoms with Crippen LogP contribution in [-0.2, 0) is 4.79 Å². The second-order valence-electron chi connectivity index (χ2n) is 11.8. The van der Waals surface area contributed by atoms with Gasteiger partial charge in [-0.2, -0.15) is 8.78 Å². The number of nitrogens with one attached hydrogen (secondary N) is 2. The minimum atomic E-state index is -2.91. The van der Waals surface area contributed by atoms with Gasteiger partial charge < -0.3 is 45.8 Å². The van der Waals surface area contributed by atoms with Gasteiger partial charge in [-0.1, -0.05) is 0 Å². The minimum absolute atomic E-state index is 0.0496. The lowest BCUT2D eigenvalue weighted by Crippen LogP contribution is -2.50. The molecule has 0 radical (unpaired) electrons. The van der Waals surface area contributed by atoms with Crippen molar-refractivity contribution in [2.45, 2.75) is 50.8 Å². The lowest BCUT2D eigenvalue weighted by molar-refractivity contribution is -0.130. The van der Waals surface area contributed by atoms with Crippen LogP contribution in [0.1, 0.15) is 28.8 Å². The second kappa shape index (κ2) is 15.7. The standard InChI is InChI=1S/C33H38F2N6O8/c1-18-14-21(39-29-30-37-15-24(41(30)13-10-36-29)19-2-5-22(6-3-19)49-33(34)35)4-7-23(18)32(48)40-11-8-20(9-12-40)31(47)38-16-25(43)27(45)28(46)26(44)17-42/h2-7,10,13-15,20,25-28,33,42-46H,8-9,11-12,16-17H2,1H3,(H,36,39)(H,38,47)/t25-,26+,27+,28+/m0/s1. The van der Waals surface area contributed by atoms with E-state index in [1.165, 1.54) is 12.1 Å². The van der Waals surface area contributed by atoms with Gasteiger partial charge in [-0.05, 0) is 67.8 Å². The first-order valence-corrected chi connectivity index (χ1v) is 15.6. The summed E-state index contributed by atoms with van der Waals surface area (Å²) < 4.78 is 31.3. The van der Waals surface area contributed by atoms with Gasteiger partial charge in [0.1, 0.15) is 24.1 Å². The molecule has 0 bridgehead atoms. The van der Waals surface area contributed by atoms with Crippen LogP contribution < -0.4 is 15.4 Å². The van der Waals surface area contributed by atoms with Crippen LogP contribution in [0, 0.1) is 12.8 Å². The van der Waals surface area contributed by atoms with E-state index in [0.717, 1.165) is 11.1 Å². The number of ether oxygens (including phenoxy) is 1. The van der Waals surface area contributed by atoms with Crippen molar-refractivity contribution in [1.82, 2.24) is 24.6 Å². The predicted molar refractivity (Wildman–Crippen MR) is 172 cm³/mol. The fourth-order valence-corrected chi connectivity index (χ4v) is 5.69. The third kappa shape index (κ3) is 8.29. The Morgan fingerprint density at radius 3 is 2.35 bits per heavy atom. The Morgan fingerprint density at radius 2 is 1.69 bits per heavy atom. The van der Waals surface area contributed by atoms with Crippen molar-refractivity contribution in [1.29, 1.82) is 0 Å². The molecule has 0 saturated carbocycles. The number of hydrogen-bond acceptors (Lipinski definition) is 11. The fraction of sp³-hybridized carbons (Fsp3) is 0.394. The number of aliphatic hydroxyl groups is 5. The Bertz CT molecular complexity index is 1750. The van der Waals surface area contributed by atoms with Crippen LogP contribution >= 0.6 is 0 Å². The van der Waals surface area contributed by atoms with Gasteiger partial charge in [-0.3, -0.25) is 14.0 Å². The molecule has 1 saturated heterocycles. The molecule has 4 atom stereocenters. The lowest BCUT2D eigenvalue weighted by atomic mass is 9.94. The van der Waals surface area contributed by atoms with Gasteiger partial charge in [0.05, 0.1) is 24.6 Å². The number of piperidine rings is 1. The molecule has 1 fully saturated rings. The van der Waals surface area contributed by atoms with Crippen molar-refractivity contribution in [2.75, 3.05) is 31.6 Å². The van der Waals surface area contributed by atoms with Gasteiger partial charge in [-0.25, -0.2) is 9.97 Å². The SMILES string of the molecule is Cc1cc(Nc2nccn3c(-c4ccc(OC(F)F)cc4)cnc23)ccc1C(=O)N1CCC(C(=O)NC[C@H](O)[C@@H](O)[C@H](O)[C@H](O)CO)CC1. The molecule has 2 amide bonds. The van der Waals surface area contributed by atoms with Gasteiger partial charge in [0.2, 0.25) is 5.91 Å². The van der Waals surface area contributed by atoms with Crippen LogP contribution in [-0.4, -0.2) is 114 Å². The summed E-state index contributed by atoms with van der Waals surface area (Å²) in [4.78, 5) is 36.7. The summed E-state index contributed by atoms with van der Waals surface area (Å²) in [5.74, 6) is -0.459. The highest BCUT2D eigenvalue weighted by Crippen LogP contribution is 2.28. The Morgan fingerprint density at radius 1 is 1.00 bits per heavy atom. The summed E-state index contributed by atoms with van der Waals surface area (Å²) in [7, 11) is 0. The molecule has 5 rings (SSSR count). The number of fused-ring (bicyclic) bond motifs is 1. The smallest absolute Gasteiger partial charge is 0.387 e. The Hall–Kier alpha value is -4.74. The van der Waals surface area contributed by atoms with Crippen LogP contribution in [0.25, 0.3) is 16.9 Å². The van der Waals surface area contributed by atoms with Gasteiger partial charge in [0, 0.05) is 54.8 Å². The molecule has 14 nitrogen and oxygen atoms in total. The first-order valence-electron chi connectivity index (χ1n) is 15.6. The highest BCUT2D eigenvalue weighted by Gasteiger charge is 2.32. The molecular weight excluding hydrogens is 646 g/mol. The molecule has 1 aliphatic rings. The third-order valence-electron chi connectivity index (χ3n) is 8.49. The number of amides is 2. The lowest BCUT2D eigenvalue weighted by Gasteiger charge is -2.32. The molecule has 49 heavy (non-hydrogen) atoms. The van der Waals surface area contributed by atoms with Crippen LogP contribution in [0.2, 0.25) is 0 Å². The minimum Gasteiger partial charge on any atom is -0.435 e. The zero-order chi connectivity index (χ0) is 35.2. The maximum absolute atomic E-state index is 13.4. The number of aryl methyl sites for hydroxylation is 1. The Balaban J connectivity index is 1.17. The van der Waals surface area contributed by atoms with Gasteiger partial charge >= 0.3 is 6.61 Å². The number of nitrogens with zero attached hydrogens (tertiary/aromatic N) is 4. The van der Waals surface area contributed by atoms with Crippen molar-refractivity contribution in [3.8, 4) is 17.0 Å². The van der Waals surface area contributed by atoms with Crippen molar-refractivity contribution in [3.63, 3.8) is 0 Å². The van der Waals surface area contributed by atoms with E-state index in [2.05, 4.69) is 25.3 Å². The first-order chi connectivity index (χ1) is 23.5. The molecule has 16 heteroatoms. The Labute approximate surface area is 279 Å². The zero-order valence-corrected chi connectivity index (χ0v) is 26.5. The van der Waals surface area contributed by atoms with E-state index < -0.39 is 43.6 Å². The molecule has 0 spiro atoms. The van der Waals surface area contributed by atoms with Crippen LogP contribution in [0.15, 0.2) is 61.1 Å². The molecule has 0 aliphatic carbocycles. The number of likely N-dealkylation sites (tertiary alicyclic amines) is 1. The number of rotatable bonds is 13. The molecule has 2 aromatic carbocycles. The van der Waals surface area contributed by atoms with Crippen LogP contribution in [0.3, 0.4) is 0 Å². The van der Waals surface area contributed by atoms with Gasteiger partial charge in [-0.15, -0.1) is 0 Å². The topological polar surface area (TPSA) is 202 Å². The summed E-state index contributed by atoms with van der Waals surface area (Å²) in [5, 5.41) is 53.9. The number of aromatic nitrogens is 3. The Kier molecular flexibility index (Phi) is 11.4. The highest BCUT2D eigenvalue weighted by atomic mass is 19.3. The number of imidazole rings is 1. The fourth-order valence-electron chi connectivity index (χ4n) is 5.69. The number of hydrogen-bond donors (Lipinski definition) is 7. The monoisotopic (exact) mass is 684 g/mol. The number of carbonyl (C=O) groups excluding carboxylic acids is 2. The summed E-state index contributed by atoms with van der Waals surface area (Å²) in [5.41, 5.74) is 3.88. The average Bonchev–Trinajstić information content (AvgIpc) is 3.54. The van der Waals surface area contributed by atoms with E-state index >= 15 is 0 Å². The molecular formula is C33H38F2N6O8. The largest absolute Gasteiger partial charge is 0.435 e. The second-order valence-corrected chi connectivity index (χ2v) is 11.8. The van der Waals surface area contributed by atoms with Gasteiger partial charge in [0.15, 0.2) is 11.5 Å². The third-order valence-corrected chi connectivity index (χ3v) is 8.49. The molecule has 262 valence electrons. The number of carbonyl (C=O) groups is 2. The van der Waals surface area contributed by atoms with Crippen molar-refractivity contribution in [2.24, 2.45) is 5.92 Å². The number of anilines is 2. The van der Waals surface area contributed by atoms with E-state index in [9.17, 15) is 38.8 Å². The molecule has 4 aromatic rings. The number of aliphatic hydroxyl groups excluding tert-OH is 5. The summed E-state index contributed by atoms with van der Waals surface area (Å²) >= 11 is 0. The molecule has 7 N–H and O–H groups in total. The zero-order valence-electron chi connectivity index (χ0n) is 26.5. The maximum atomic E-state index is 13.4. The van der Waals surface area contributed by atoms with E-state index in [1.807, 2.05) is 17.4 Å². The van der Waals surface area contributed by atoms with E-state index in [0.29, 0.717) is 54.3 Å². The van der Waals surface area contributed by atoms with Crippen molar-refractivity contribution < 1.29 is 48.6 Å². The number of benzene rings is 2. The maximum Gasteiger partial charge on any atom is 0.387 e. The molecule has 3 heterocycles. The molecule has 1 aliphatic heterocycles. The summed E-state index contributed by atoms with van der Waals surface area (Å²) in [6.07, 6.45) is -1.01. The van der Waals surface area contributed by atoms with Crippen LogP contribution in [0.4, 0.5) is 20.3 Å². The highest BCUT2D eigenvalue weighted by molar-refractivity contribution is 5.96. The van der Waals surface area contributed by atoms with E-state index in [1.54, 1.807) is 47.8 Å². The van der Waals surface area contributed by atoms with Crippen molar-refractivity contribution >= 4 is 29.0 Å². The van der Waals surface area contributed by atoms with Gasteiger partial charge in [0.25, 0.3) is 5.91 Å². The summed E-state index contributed by atoms with van der Waals surface area (Å²) in [6, 6.07) is 11.5. The summed E-state index contributed by atoms with van der Waals surface area (Å²) in [6.45, 7) is -1.60. The number of alkyl halides is 2. The predicted octanol–water partition coefficient (Wildman–Crippen LogP) is 1.45. The van der Waals surface area contributed by atoms with E-state index in [4.69, 9.17) is 5.11 Å². The average molecular weight is 685 g/mol. The van der Waals surface area contributed by atoms with Crippen LogP contribution in [0.5, 0.6) is 5.75 Å². The molecule has 0 unspecified atom stereocenters.